The Morgan fingerprint density at radius 2 is 2.00 bits per heavy atom. The Labute approximate surface area is 80.1 Å². The van der Waals surface area contributed by atoms with Crippen molar-refractivity contribution in [2.75, 3.05) is 13.1 Å². The quantitative estimate of drug-likeness (QED) is 0.661. The van der Waals surface area contributed by atoms with E-state index in [1.165, 1.54) is 12.8 Å². The van der Waals surface area contributed by atoms with E-state index in [4.69, 9.17) is 18.0 Å². The first-order valence-electron chi connectivity index (χ1n) is 4.64. The minimum atomic E-state index is 0.285. The van der Waals surface area contributed by atoms with Crippen LogP contribution in [0.5, 0.6) is 0 Å². The number of likely N-dealkylation sites (tertiary alicyclic amines) is 1. The van der Waals surface area contributed by atoms with Crippen molar-refractivity contribution in [1.82, 2.24) is 4.90 Å². The molecule has 1 aliphatic rings. The lowest BCUT2D eigenvalue weighted by molar-refractivity contribution is 0.178. The van der Waals surface area contributed by atoms with E-state index < -0.39 is 0 Å². The van der Waals surface area contributed by atoms with Crippen LogP contribution in [0.1, 0.15) is 26.7 Å². The van der Waals surface area contributed by atoms with Gasteiger partial charge >= 0.3 is 0 Å². The predicted molar refractivity (Wildman–Crippen MR) is 56.2 cm³/mol. The summed E-state index contributed by atoms with van der Waals surface area (Å²) in [5.74, 6) is 0.875. The van der Waals surface area contributed by atoms with Gasteiger partial charge in [-0.05, 0) is 38.8 Å². The Balaban J connectivity index is 2.39. The summed E-state index contributed by atoms with van der Waals surface area (Å²) in [5.41, 5.74) is 5.59. The van der Waals surface area contributed by atoms with Gasteiger partial charge in [0.05, 0.1) is 11.0 Å². The fourth-order valence-corrected chi connectivity index (χ4v) is 1.74. The minimum Gasteiger partial charge on any atom is -0.392 e. The van der Waals surface area contributed by atoms with Crippen molar-refractivity contribution in [2.45, 2.75) is 32.7 Å². The molecule has 12 heavy (non-hydrogen) atoms. The maximum absolute atomic E-state index is 5.59. The highest BCUT2D eigenvalue weighted by Crippen LogP contribution is 2.17. The standard InChI is InChI=1S/C9H18N2S/c1-7-3-5-11(6-4-7)8(2)9(10)12/h7-8H,3-6H2,1-2H3,(H2,10,12). The van der Waals surface area contributed by atoms with Gasteiger partial charge in [0.2, 0.25) is 0 Å². The van der Waals surface area contributed by atoms with Gasteiger partial charge < -0.3 is 5.73 Å². The topological polar surface area (TPSA) is 29.3 Å². The van der Waals surface area contributed by atoms with Crippen LogP contribution in [0.4, 0.5) is 0 Å². The first kappa shape index (κ1) is 9.93. The van der Waals surface area contributed by atoms with Crippen LogP contribution in [-0.2, 0) is 0 Å². The largest absolute Gasteiger partial charge is 0.392 e. The molecule has 1 atom stereocenters. The van der Waals surface area contributed by atoms with Crippen LogP contribution in [0.2, 0.25) is 0 Å². The second kappa shape index (κ2) is 4.19. The number of thiocarbonyl (C=S) groups is 1. The molecular formula is C9H18N2S. The summed E-state index contributed by atoms with van der Waals surface area (Å²) in [6.45, 7) is 6.71. The number of nitrogens with zero attached hydrogens (tertiary/aromatic N) is 1. The van der Waals surface area contributed by atoms with Crippen LogP contribution in [-0.4, -0.2) is 29.0 Å². The molecule has 3 heteroatoms. The summed E-state index contributed by atoms with van der Waals surface area (Å²) in [6.07, 6.45) is 2.57. The van der Waals surface area contributed by atoms with Crippen molar-refractivity contribution in [3.05, 3.63) is 0 Å². The highest BCUT2D eigenvalue weighted by molar-refractivity contribution is 7.80. The third-order valence-electron chi connectivity index (χ3n) is 2.78. The molecule has 1 saturated heterocycles. The maximum atomic E-state index is 5.59. The van der Waals surface area contributed by atoms with Crippen molar-refractivity contribution in [1.29, 1.82) is 0 Å². The molecule has 1 rings (SSSR count). The molecule has 0 bridgehead atoms. The van der Waals surface area contributed by atoms with Gasteiger partial charge in [-0.2, -0.15) is 0 Å². The van der Waals surface area contributed by atoms with E-state index in [2.05, 4.69) is 18.7 Å². The molecule has 2 N–H and O–H groups in total. The molecule has 0 aliphatic carbocycles. The monoisotopic (exact) mass is 186 g/mol. The Bertz CT molecular complexity index is 162. The molecule has 1 unspecified atom stereocenters. The molecular weight excluding hydrogens is 168 g/mol. The zero-order valence-electron chi connectivity index (χ0n) is 7.92. The van der Waals surface area contributed by atoms with Gasteiger partial charge in [0.1, 0.15) is 0 Å². The third kappa shape index (κ3) is 2.42. The lowest BCUT2D eigenvalue weighted by Gasteiger charge is -2.34. The molecule has 1 heterocycles. The van der Waals surface area contributed by atoms with Gasteiger partial charge in [-0.1, -0.05) is 19.1 Å². The van der Waals surface area contributed by atoms with E-state index >= 15 is 0 Å². The number of nitrogens with two attached hydrogens (primary N) is 1. The zero-order chi connectivity index (χ0) is 9.14. The smallest absolute Gasteiger partial charge is 0.0899 e. The Morgan fingerprint density at radius 3 is 2.42 bits per heavy atom. The van der Waals surface area contributed by atoms with E-state index in [0.717, 1.165) is 19.0 Å². The van der Waals surface area contributed by atoms with Crippen molar-refractivity contribution in [3.63, 3.8) is 0 Å². The van der Waals surface area contributed by atoms with Crippen LogP contribution in [0.15, 0.2) is 0 Å². The Hall–Kier alpha value is -0.150. The fraction of sp³-hybridized carbons (Fsp3) is 0.889. The summed E-state index contributed by atoms with van der Waals surface area (Å²) in [4.78, 5) is 3.01. The van der Waals surface area contributed by atoms with Crippen LogP contribution in [0, 0.1) is 5.92 Å². The van der Waals surface area contributed by atoms with Gasteiger partial charge in [0.15, 0.2) is 0 Å². The molecule has 0 radical (unpaired) electrons. The van der Waals surface area contributed by atoms with Gasteiger partial charge in [-0.15, -0.1) is 0 Å². The molecule has 0 amide bonds. The van der Waals surface area contributed by atoms with Crippen LogP contribution < -0.4 is 5.73 Å². The second-order valence-corrected chi connectivity index (χ2v) is 4.27. The molecule has 0 saturated carbocycles. The van der Waals surface area contributed by atoms with Gasteiger partial charge in [0.25, 0.3) is 0 Å². The molecule has 0 aromatic rings. The van der Waals surface area contributed by atoms with E-state index in [1.54, 1.807) is 0 Å². The average Bonchev–Trinajstić information content (AvgIpc) is 2.04. The van der Waals surface area contributed by atoms with Crippen molar-refractivity contribution >= 4 is 17.2 Å². The summed E-state index contributed by atoms with van der Waals surface area (Å²) in [5, 5.41) is 0. The molecule has 0 aromatic carbocycles. The molecule has 1 aliphatic heterocycles. The first-order valence-corrected chi connectivity index (χ1v) is 5.05. The number of hydrogen-bond acceptors (Lipinski definition) is 2. The van der Waals surface area contributed by atoms with Gasteiger partial charge in [-0.25, -0.2) is 0 Å². The van der Waals surface area contributed by atoms with Crippen LogP contribution in [0.25, 0.3) is 0 Å². The lowest BCUT2D eigenvalue weighted by Crippen LogP contribution is -2.45. The van der Waals surface area contributed by atoms with E-state index in [0.29, 0.717) is 4.99 Å². The Morgan fingerprint density at radius 1 is 1.50 bits per heavy atom. The first-order chi connectivity index (χ1) is 5.61. The summed E-state index contributed by atoms with van der Waals surface area (Å²) < 4.78 is 0. The van der Waals surface area contributed by atoms with Crippen LogP contribution >= 0.6 is 12.2 Å². The SMILES string of the molecule is CC1CCN(C(C)C(N)=S)CC1. The van der Waals surface area contributed by atoms with Crippen molar-refractivity contribution < 1.29 is 0 Å². The second-order valence-electron chi connectivity index (χ2n) is 3.80. The number of rotatable bonds is 2. The van der Waals surface area contributed by atoms with E-state index in [1.807, 2.05) is 0 Å². The van der Waals surface area contributed by atoms with Gasteiger partial charge in [0, 0.05) is 0 Å². The zero-order valence-corrected chi connectivity index (χ0v) is 8.73. The molecule has 70 valence electrons. The van der Waals surface area contributed by atoms with Gasteiger partial charge in [-0.3, -0.25) is 4.90 Å². The van der Waals surface area contributed by atoms with E-state index in [9.17, 15) is 0 Å². The number of hydrogen-bond donors (Lipinski definition) is 1. The minimum absolute atomic E-state index is 0.285. The molecule has 1 fully saturated rings. The number of piperidine rings is 1. The third-order valence-corrected chi connectivity index (χ3v) is 3.12. The molecule has 0 aromatic heterocycles. The lowest BCUT2D eigenvalue weighted by atomic mass is 9.98. The average molecular weight is 186 g/mol. The highest BCUT2D eigenvalue weighted by atomic mass is 32.1. The summed E-state index contributed by atoms with van der Waals surface area (Å²) in [7, 11) is 0. The van der Waals surface area contributed by atoms with Crippen molar-refractivity contribution in [3.8, 4) is 0 Å². The van der Waals surface area contributed by atoms with E-state index in [-0.39, 0.29) is 6.04 Å². The molecule has 2 nitrogen and oxygen atoms in total. The predicted octanol–water partition coefficient (Wildman–Crippen LogP) is 1.39. The molecule has 0 spiro atoms. The summed E-state index contributed by atoms with van der Waals surface area (Å²) >= 11 is 4.96. The fourth-order valence-electron chi connectivity index (χ4n) is 1.60. The summed E-state index contributed by atoms with van der Waals surface area (Å²) in [6, 6.07) is 0.285. The highest BCUT2D eigenvalue weighted by Gasteiger charge is 2.21. The van der Waals surface area contributed by atoms with Crippen molar-refractivity contribution in [2.24, 2.45) is 11.7 Å². The normalized spacial score (nSPS) is 23.8. The van der Waals surface area contributed by atoms with Crippen LogP contribution in [0.3, 0.4) is 0 Å². The Kier molecular flexibility index (Phi) is 3.47. The maximum Gasteiger partial charge on any atom is 0.0899 e.